The van der Waals surface area contributed by atoms with Gasteiger partial charge in [0, 0.05) is 6.54 Å². The van der Waals surface area contributed by atoms with Gasteiger partial charge in [0.15, 0.2) is 6.61 Å². The zero-order chi connectivity index (χ0) is 15.4. The summed E-state index contributed by atoms with van der Waals surface area (Å²) in [5, 5.41) is -0.254. The van der Waals surface area contributed by atoms with Gasteiger partial charge in [-0.05, 0) is 42.5 Å². The number of rotatable bonds is 5. The van der Waals surface area contributed by atoms with Crippen LogP contribution in [-0.2, 0) is 9.59 Å². The molecule has 0 aromatic heterocycles. The monoisotopic (exact) mass is 306 g/mol. The Kier molecular flexibility index (Phi) is 4.64. The number of hydrogen-bond acceptors (Lipinski definition) is 5. The number of nitrogens with zero attached hydrogens (tertiary/aromatic N) is 1. The van der Waals surface area contributed by atoms with Crippen molar-refractivity contribution < 1.29 is 19.1 Å². The molecule has 6 nitrogen and oxygen atoms in total. The van der Waals surface area contributed by atoms with Crippen molar-refractivity contribution in [1.29, 1.82) is 0 Å². The zero-order valence-corrected chi connectivity index (χ0v) is 12.2. The number of ether oxygens (including phenoxy) is 1. The van der Waals surface area contributed by atoms with E-state index in [4.69, 9.17) is 10.5 Å². The second-order valence-corrected chi connectivity index (χ2v) is 5.24. The summed E-state index contributed by atoms with van der Waals surface area (Å²) in [4.78, 5) is 35.7. The van der Waals surface area contributed by atoms with Crippen LogP contribution in [0.2, 0.25) is 0 Å². The van der Waals surface area contributed by atoms with E-state index in [0.717, 1.165) is 17.3 Å². The van der Waals surface area contributed by atoms with Crippen molar-refractivity contribution in [3.8, 4) is 5.75 Å². The van der Waals surface area contributed by atoms with Crippen molar-refractivity contribution >= 4 is 34.9 Å². The minimum atomic E-state index is -0.549. The maximum atomic E-state index is 11.9. The first-order valence-electron chi connectivity index (χ1n) is 6.27. The number of likely N-dealkylation sites (N-methyl/N-ethyl adjacent to an activating group) is 1. The lowest BCUT2D eigenvalue weighted by molar-refractivity contribution is -0.122. The molecule has 1 aromatic carbocycles. The van der Waals surface area contributed by atoms with Crippen molar-refractivity contribution in [2.45, 2.75) is 6.92 Å². The number of carbonyl (C=O) groups is 3. The molecule has 0 aliphatic carbocycles. The highest BCUT2D eigenvalue weighted by Crippen LogP contribution is 2.32. The summed E-state index contributed by atoms with van der Waals surface area (Å²) in [6.07, 6.45) is 1.65. The summed E-state index contributed by atoms with van der Waals surface area (Å²) in [6, 6.07) is 6.80. The van der Waals surface area contributed by atoms with Crippen LogP contribution in [0.4, 0.5) is 4.79 Å². The SMILES string of the molecule is CCN1C(=O)S/C(=C/c2ccc(OCC(N)=O)cc2)C1=O. The van der Waals surface area contributed by atoms with Gasteiger partial charge >= 0.3 is 0 Å². The summed E-state index contributed by atoms with van der Waals surface area (Å²) >= 11 is 0.926. The molecule has 0 atom stereocenters. The smallest absolute Gasteiger partial charge is 0.293 e. The predicted octanol–water partition coefficient (Wildman–Crippen LogP) is 1.61. The minimum Gasteiger partial charge on any atom is -0.484 e. The first-order valence-corrected chi connectivity index (χ1v) is 7.09. The molecular weight excluding hydrogens is 292 g/mol. The van der Waals surface area contributed by atoms with Crippen LogP contribution >= 0.6 is 11.8 Å². The van der Waals surface area contributed by atoms with E-state index >= 15 is 0 Å². The van der Waals surface area contributed by atoms with Gasteiger partial charge in [-0.25, -0.2) is 0 Å². The van der Waals surface area contributed by atoms with Gasteiger partial charge in [0.1, 0.15) is 5.75 Å². The number of hydrogen-bond donors (Lipinski definition) is 1. The van der Waals surface area contributed by atoms with Crippen molar-refractivity contribution in [1.82, 2.24) is 4.90 Å². The van der Waals surface area contributed by atoms with E-state index in [1.807, 2.05) is 0 Å². The van der Waals surface area contributed by atoms with Crippen LogP contribution in [0.5, 0.6) is 5.75 Å². The topological polar surface area (TPSA) is 89.7 Å². The first kappa shape index (κ1) is 15.1. The second-order valence-electron chi connectivity index (χ2n) is 4.25. The Bertz CT molecular complexity index is 610. The van der Waals surface area contributed by atoms with Crippen LogP contribution in [0.3, 0.4) is 0 Å². The minimum absolute atomic E-state index is 0.186. The van der Waals surface area contributed by atoms with E-state index < -0.39 is 5.91 Å². The number of amides is 3. The fraction of sp³-hybridized carbons (Fsp3) is 0.214. The molecule has 1 aromatic rings. The average Bonchev–Trinajstić information content (AvgIpc) is 2.72. The molecule has 1 heterocycles. The van der Waals surface area contributed by atoms with Crippen molar-refractivity contribution in [3.63, 3.8) is 0 Å². The number of thioether (sulfide) groups is 1. The lowest BCUT2D eigenvalue weighted by Crippen LogP contribution is -2.27. The normalized spacial score (nSPS) is 16.6. The number of benzene rings is 1. The Morgan fingerprint density at radius 3 is 2.52 bits per heavy atom. The van der Waals surface area contributed by atoms with E-state index in [-0.39, 0.29) is 17.8 Å². The third-order valence-corrected chi connectivity index (χ3v) is 3.66. The maximum Gasteiger partial charge on any atom is 0.293 e. The van der Waals surface area contributed by atoms with Gasteiger partial charge in [-0.15, -0.1) is 0 Å². The molecule has 0 radical (unpaired) electrons. The van der Waals surface area contributed by atoms with E-state index in [0.29, 0.717) is 17.2 Å². The lowest BCUT2D eigenvalue weighted by Gasteiger charge is -2.07. The fourth-order valence-electron chi connectivity index (χ4n) is 1.74. The average molecular weight is 306 g/mol. The number of imide groups is 1. The van der Waals surface area contributed by atoms with Gasteiger partial charge in [-0.3, -0.25) is 19.3 Å². The van der Waals surface area contributed by atoms with E-state index in [2.05, 4.69) is 0 Å². The summed E-state index contributed by atoms with van der Waals surface area (Å²) in [5.74, 6) is -0.318. The summed E-state index contributed by atoms with van der Waals surface area (Å²) < 4.78 is 5.14. The molecular formula is C14H14N2O4S. The van der Waals surface area contributed by atoms with Gasteiger partial charge in [-0.2, -0.15) is 0 Å². The van der Waals surface area contributed by atoms with Crippen LogP contribution in [0.25, 0.3) is 6.08 Å². The van der Waals surface area contributed by atoms with E-state index in [1.54, 1.807) is 37.3 Å². The quantitative estimate of drug-likeness (QED) is 0.835. The summed E-state index contributed by atoms with van der Waals surface area (Å²) in [6.45, 7) is 1.93. The Morgan fingerprint density at radius 2 is 2.00 bits per heavy atom. The third-order valence-electron chi connectivity index (χ3n) is 2.75. The van der Waals surface area contributed by atoms with Gasteiger partial charge in [0.2, 0.25) is 0 Å². The standard InChI is InChI=1S/C14H14N2O4S/c1-2-16-13(18)11(21-14(16)19)7-9-3-5-10(6-4-9)20-8-12(15)17/h3-7H,2,8H2,1H3,(H2,15,17)/b11-7+. The van der Waals surface area contributed by atoms with Crippen LogP contribution in [0.15, 0.2) is 29.2 Å². The Balaban J connectivity index is 2.09. The molecule has 2 rings (SSSR count). The molecule has 2 N–H and O–H groups in total. The molecule has 0 unspecified atom stereocenters. The Hall–Kier alpha value is -2.28. The third kappa shape index (κ3) is 3.63. The van der Waals surface area contributed by atoms with Crippen LogP contribution < -0.4 is 10.5 Å². The highest BCUT2D eigenvalue weighted by atomic mass is 32.2. The van der Waals surface area contributed by atoms with Crippen LogP contribution in [0, 0.1) is 0 Å². The van der Waals surface area contributed by atoms with Crippen LogP contribution in [0.1, 0.15) is 12.5 Å². The molecule has 1 saturated heterocycles. The highest BCUT2D eigenvalue weighted by molar-refractivity contribution is 8.18. The zero-order valence-electron chi connectivity index (χ0n) is 11.4. The first-order chi connectivity index (χ1) is 10.0. The van der Waals surface area contributed by atoms with Gasteiger partial charge in [0.05, 0.1) is 4.91 Å². The van der Waals surface area contributed by atoms with Crippen molar-refractivity contribution in [2.75, 3.05) is 13.2 Å². The number of primary amides is 1. The van der Waals surface area contributed by atoms with Crippen LogP contribution in [-0.4, -0.2) is 35.1 Å². The maximum absolute atomic E-state index is 11.9. The molecule has 1 fully saturated rings. The van der Waals surface area contributed by atoms with E-state index in [9.17, 15) is 14.4 Å². The van der Waals surface area contributed by atoms with Gasteiger partial charge in [0.25, 0.3) is 17.1 Å². The Morgan fingerprint density at radius 1 is 1.33 bits per heavy atom. The lowest BCUT2D eigenvalue weighted by atomic mass is 10.2. The van der Waals surface area contributed by atoms with Gasteiger partial charge in [-0.1, -0.05) is 12.1 Å². The predicted molar refractivity (Wildman–Crippen MR) is 79.5 cm³/mol. The molecule has 1 aliphatic rings. The summed E-state index contributed by atoms with van der Waals surface area (Å²) in [5.41, 5.74) is 5.75. The fourth-order valence-corrected chi connectivity index (χ4v) is 2.64. The van der Waals surface area contributed by atoms with Crippen molar-refractivity contribution in [2.24, 2.45) is 5.73 Å². The molecule has 0 spiro atoms. The molecule has 0 bridgehead atoms. The summed E-state index contributed by atoms with van der Waals surface area (Å²) in [7, 11) is 0. The number of carbonyl (C=O) groups excluding carboxylic acids is 3. The Labute approximate surface area is 125 Å². The molecule has 0 saturated carbocycles. The highest BCUT2D eigenvalue weighted by Gasteiger charge is 2.33. The van der Waals surface area contributed by atoms with Crippen molar-refractivity contribution in [3.05, 3.63) is 34.7 Å². The number of nitrogens with two attached hydrogens (primary N) is 1. The molecule has 110 valence electrons. The molecule has 3 amide bonds. The molecule has 7 heteroatoms. The second kappa shape index (κ2) is 6.45. The van der Waals surface area contributed by atoms with Gasteiger partial charge < -0.3 is 10.5 Å². The largest absolute Gasteiger partial charge is 0.484 e. The van der Waals surface area contributed by atoms with E-state index in [1.165, 1.54) is 4.90 Å². The molecule has 1 aliphatic heterocycles. The molecule has 21 heavy (non-hydrogen) atoms.